The van der Waals surface area contributed by atoms with E-state index in [1.807, 2.05) is 0 Å². The van der Waals surface area contributed by atoms with Crippen LogP contribution in [0.1, 0.15) is 23.2 Å². The first-order valence-corrected chi connectivity index (χ1v) is 9.30. The topological polar surface area (TPSA) is 66.5 Å². The van der Waals surface area contributed by atoms with Crippen molar-refractivity contribution in [1.82, 2.24) is 4.31 Å². The number of carbonyl (C=O) groups excluding carboxylic acids is 1. The van der Waals surface area contributed by atoms with Gasteiger partial charge in [-0.3, -0.25) is 4.79 Å². The van der Waals surface area contributed by atoms with E-state index in [4.69, 9.17) is 0 Å². The predicted molar refractivity (Wildman–Crippen MR) is 88.7 cm³/mol. The molecule has 5 nitrogen and oxygen atoms in total. The molecule has 2 aromatic rings. The first-order valence-electron chi connectivity index (χ1n) is 7.86. The number of halogens is 3. The number of benzene rings is 2. The van der Waals surface area contributed by atoms with Gasteiger partial charge in [-0.1, -0.05) is 6.07 Å². The second kappa shape index (κ2) is 7.08. The Morgan fingerprint density at radius 2 is 1.69 bits per heavy atom. The van der Waals surface area contributed by atoms with Gasteiger partial charge in [0.1, 0.15) is 0 Å². The maximum absolute atomic E-state index is 13.7. The number of hydrogen-bond donors (Lipinski definition) is 1. The van der Waals surface area contributed by atoms with Crippen LogP contribution in [0.2, 0.25) is 0 Å². The molecular formula is C17H15F3N2O3S. The molecule has 0 bridgehead atoms. The van der Waals surface area contributed by atoms with Gasteiger partial charge in [0.25, 0.3) is 5.91 Å². The molecule has 3 rings (SSSR count). The molecule has 1 aliphatic rings. The Kier molecular flexibility index (Phi) is 5.01. The second-order valence-electron chi connectivity index (χ2n) is 5.82. The van der Waals surface area contributed by atoms with Crippen molar-refractivity contribution in [3.8, 4) is 0 Å². The molecule has 2 aromatic carbocycles. The third-order valence-corrected chi connectivity index (χ3v) is 5.98. The number of hydrogen-bond acceptors (Lipinski definition) is 3. The van der Waals surface area contributed by atoms with Crippen LogP contribution in [0.25, 0.3) is 0 Å². The largest absolute Gasteiger partial charge is 0.319 e. The molecule has 1 amide bonds. The number of nitrogens with zero attached hydrogens (tertiary/aromatic N) is 1. The minimum absolute atomic E-state index is 0.0468. The summed E-state index contributed by atoms with van der Waals surface area (Å²) in [5, 5.41) is 2.11. The van der Waals surface area contributed by atoms with Crippen LogP contribution in [-0.4, -0.2) is 31.7 Å². The Labute approximate surface area is 148 Å². The number of rotatable bonds is 4. The van der Waals surface area contributed by atoms with E-state index in [-0.39, 0.29) is 10.5 Å². The zero-order valence-electron chi connectivity index (χ0n) is 13.5. The summed E-state index contributed by atoms with van der Waals surface area (Å²) in [5.41, 5.74) is -0.587. The molecule has 0 saturated carbocycles. The zero-order chi connectivity index (χ0) is 18.9. The summed E-state index contributed by atoms with van der Waals surface area (Å²) in [4.78, 5) is 12.2. The Balaban J connectivity index is 1.86. The average Bonchev–Trinajstić information content (AvgIpc) is 3.18. The molecule has 0 unspecified atom stereocenters. The summed E-state index contributed by atoms with van der Waals surface area (Å²) >= 11 is 0. The van der Waals surface area contributed by atoms with E-state index in [0.29, 0.717) is 19.2 Å². The molecule has 1 N–H and O–H groups in total. The highest BCUT2D eigenvalue weighted by Gasteiger charge is 2.27. The number of anilines is 1. The van der Waals surface area contributed by atoms with E-state index >= 15 is 0 Å². The first-order chi connectivity index (χ1) is 12.3. The van der Waals surface area contributed by atoms with Gasteiger partial charge in [0.05, 0.1) is 10.6 Å². The van der Waals surface area contributed by atoms with Crippen molar-refractivity contribution in [2.45, 2.75) is 17.7 Å². The Morgan fingerprint density at radius 3 is 2.38 bits per heavy atom. The Hall–Kier alpha value is -2.39. The molecule has 1 heterocycles. The highest BCUT2D eigenvalue weighted by molar-refractivity contribution is 7.89. The summed E-state index contributed by atoms with van der Waals surface area (Å²) in [6.45, 7) is 0.831. The van der Waals surface area contributed by atoms with Gasteiger partial charge in [-0.25, -0.2) is 21.6 Å². The van der Waals surface area contributed by atoms with E-state index in [0.717, 1.165) is 18.9 Å². The molecule has 0 aliphatic carbocycles. The number of carbonyl (C=O) groups is 1. The minimum Gasteiger partial charge on any atom is -0.319 e. The van der Waals surface area contributed by atoms with Crippen LogP contribution in [0, 0.1) is 17.5 Å². The fraction of sp³-hybridized carbons (Fsp3) is 0.235. The lowest BCUT2D eigenvalue weighted by Crippen LogP contribution is -2.28. The van der Waals surface area contributed by atoms with Crippen LogP contribution >= 0.6 is 0 Å². The number of sulfonamides is 1. The van der Waals surface area contributed by atoms with Crippen LogP contribution in [0.5, 0.6) is 0 Å². The molecule has 1 aliphatic heterocycles. The van der Waals surface area contributed by atoms with Gasteiger partial charge in [-0.05, 0) is 43.2 Å². The fourth-order valence-corrected chi connectivity index (χ4v) is 4.26. The van der Waals surface area contributed by atoms with Gasteiger partial charge >= 0.3 is 0 Å². The van der Waals surface area contributed by atoms with Crippen LogP contribution in [-0.2, 0) is 10.0 Å². The summed E-state index contributed by atoms with van der Waals surface area (Å²) in [7, 11) is -3.72. The van der Waals surface area contributed by atoms with Crippen molar-refractivity contribution in [2.24, 2.45) is 0 Å². The Morgan fingerprint density at radius 1 is 1.00 bits per heavy atom. The van der Waals surface area contributed by atoms with Gasteiger partial charge in [0, 0.05) is 18.7 Å². The van der Waals surface area contributed by atoms with E-state index in [9.17, 15) is 26.4 Å². The van der Waals surface area contributed by atoms with Crippen molar-refractivity contribution in [3.63, 3.8) is 0 Å². The molecular weight excluding hydrogens is 369 g/mol. The van der Waals surface area contributed by atoms with Crippen LogP contribution in [0.15, 0.2) is 41.3 Å². The summed E-state index contributed by atoms with van der Waals surface area (Å²) in [6.07, 6.45) is 1.55. The monoisotopic (exact) mass is 384 g/mol. The molecule has 0 radical (unpaired) electrons. The summed E-state index contributed by atoms with van der Waals surface area (Å²) in [6, 6.07) is 6.83. The standard InChI is InChI=1S/C17H15F3N2O3S/c18-13-6-7-14(16(20)15(13)19)21-17(23)11-4-3-5-12(10-11)26(24,25)22-8-1-2-9-22/h3-7,10H,1-2,8-9H2,(H,21,23). The van der Waals surface area contributed by atoms with Gasteiger partial charge in [0.2, 0.25) is 10.0 Å². The first kappa shape index (κ1) is 18.4. The van der Waals surface area contributed by atoms with Crippen molar-refractivity contribution in [2.75, 3.05) is 18.4 Å². The maximum Gasteiger partial charge on any atom is 0.255 e. The van der Waals surface area contributed by atoms with Gasteiger partial charge in [-0.15, -0.1) is 0 Å². The van der Waals surface area contributed by atoms with E-state index in [2.05, 4.69) is 5.32 Å². The normalized spacial score (nSPS) is 15.2. The van der Waals surface area contributed by atoms with Crippen molar-refractivity contribution in [1.29, 1.82) is 0 Å². The molecule has 9 heteroatoms. The number of amides is 1. The lowest BCUT2D eigenvalue weighted by Gasteiger charge is -2.16. The third-order valence-electron chi connectivity index (χ3n) is 4.08. The molecule has 0 aromatic heterocycles. The molecule has 1 saturated heterocycles. The second-order valence-corrected chi connectivity index (χ2v) is 7.75. The predicted octanol–water partition coefficient (Wildman–Crippen LogP) is 3.14. The van der Waals surface area contributed by atoms with E-state index in [1.54, 1.807) is 0 Å². The van der Waals surface area contributed by atoms with Gasteiger partial charge in [-0.2, -0.15) is 4.31 Å². The summed E-state index contributed by atoms with van der Waals surface area (Å²) < 4.78 is 66.3. The van der Waals surface area contributed by atoms with Crippen molar-refractivity contribution >= 4 is 21.6 Å². The van der Waals surface area contributed by atoms with Crippen molar-refractivity contribution < 1.29 is 26.4 Å². The smallest absolute Gasteiger partial charge is 0.255 e. The van der Waals surface area contributed by atoms with Crippen LogP contribution < -0.4 is 5.32 Å². The van der Waals surface area contributed by atoms with Gasteiger partial charge < -0.3 is 5.32 Å². The average molecular weight is 384 g/mol. The third kappa shape index (κ3) is 3.45. The molecule has 138 valence electrons. The van der Waals surface area contributed by atoms with E-state index < -0.39 is 39.1 Å². The zero-order valence-corrected chi connectivity index (χ0v) is 14.3. The quantitative estimate of drug-likeness (QED) is 0.824. The van der Waals surface area contributed by atoms with Crippen molar-refractivity contribution in [3.05, 3.63) is 59.4 Å². The maximum atomic E-state index is 13.7. The minimum atomic E-state index is -3.72. The number of nitrogens with one attached hydrogen (secondary N) is 1. The molecule has 26 heavy (non-hydrogen) atoms. The highest BCUT2D eigenvalue weighted by Crippen LogP contribution is 2.23. The molecule has 0 atom stereocenters. The molecule has 0 spiro atoms. The lowest BCUT2D eigenvalue weighted by molar-refractivity contribution is 0.102. The SMILES string of the molecule is O=C(Nc1ccc(F)c(F)c1F)c1cccc(S(=O)(=O)N2CCCC2)c1. The highest BCUT2D eigenvalue weighted by atomic mass is 32.2. The van der Waals surface area contributed by atoms with E-state index in [1.165, 1.54) is 28.6 Å². The summed E-state index contributed by atoms with van der Waals surface area (Å²) in [5.74, 6) is -5.44. The Bertz CT molecular complexity index is 958. The molecule has 1 fully saturated rings. The van der Waals surface area contributed by atoms with Crippen LogP contribution in [0.4, 0.5) is 18.9 Å². The van der Waals surface area contributed by atoms with Gasteiger partial charge in [0.15, 0.2) is 17.5 Å². The fourth-order valence-electron chi connectivity index (χ4n) is 2.69. The van der Waals surface area contributed by atoms with Crippen LogP contribution in [0.3, 0.4) is 0 Å². The lowest BCUT2D eigenvalue weighted by atomic mass is 10.2.